The van der Waals surface area contributed by atoms with Crippen LogP contribution >= 0.6 is 0 Å². The molecular formula is C20H28N4O3. The van der Waals surface area contributed by atoms with Crippen LogP contribution in [0, 0.1) is 0 Å². The number of amides is 2. The number of nitrogens with zero attached hydrogens (tertiary/aromatic N) is 2. The van der Waals surface area contributed by atoms with E-state index in [2.05, 4.69) is 15.6 Å². The Bertz CT molecular complexity index is 699. The van der Waals surface area contributed by atoms with Crippen molar-refractivity contribution >= 4 is 11.7 Å². The monoisotopic (exact) mass is 372 g/mol. The predicted octanol–water partition coefficient (Wildman–Crippen LogP) is 3.18. The minimum absolute atomic E-state index is 0.0128. The summed E-state index contributed by atoms with van der Waals surface area (Å²) in [5.74, 6) is 0. The number of nitrogens with one attached hydrogen (secondary N) is 2. The van der Waals surface area contributed by atoms with Crippen molar-refractivity contribution in [2.45, 2.75) is 51.5 Å². The van der Waals surface area contributed by atoms with Crippen LogP contribution < -0.4 is 10.6 Å². The van der Waals surface area contributed by atoms with E-state index in [-0.39, 0.29) is 18.2 Å². The van der Waals surface area contributed by atoms with Crippen molar-refractivity contribution in [3.8, 4) is 0 Å². The molecule has 1 aromatic heterocycles. The standard InChI is InChI=1S/C20H28N4O3/c1-16(12-24-9-8-21-15-24)22-20(25)23-18-6-4-5-17(11-18)13-26-14-19-7-2-3-10-27-19/h4-6,8-9,11,15-16,19H,2-3,7,10,12-14H2,1H3,(H2,22,23,25). The van der Waals surface area contributed by atoms with Crippen LogP contribution in [0.25, 0.3) is 0 Å². The molecule has 2 N–H and O–H groups in total. The number of hydrogen-bond acceptors (Lipinski definition) is 4. The summed E-state index contributed by atoms with van der Waals surface area (Å²) < 4.78 is 13.4. The Morgan fingerprint density at radius 2 is 2.37 bits per heavy atom. The second-order valence-electron chi connectivity index (χ2n) is 6.96. The Hall–Kier alpha value is -2.38. The molecule has 1 aliphatic rings. The van der Waals surface area contributed by atoms with Gasteiger partial charge in [0.2, 0.25) is 0 Å². The van der Waals surface area contributed by atoms with Crippen LogP contribution in [-0.2, 0) is 22.6 Å². The van der Waals surface area contributed by atoms with E-state index < -0.39 is 0 Å². The highest BCUT2D eigenvalue weighted by Crippen LogP contribution is 2.15. The molecule has 0 aliphatic carbocycles. The van der Waals surface area contributed by atoms with Gasteiger partial charge in [-0.3, -0.25) is 0 Å². The van der Waals surface area contributed by atoms with Gasteiger partial charge >= 0.3 is 6.03 Å². The fraction of sp³-hybridized carbons (Fsp3) is 0.500. The second-order valence-corrected chi connectivity index (χ2v) is 6.96. The third-order valence-corrected chi connectivity index (χ3v) is 4.45. The summed E-state index contributed by atoms with van der Waals surface area (Å²) in [5.41, 5.74) is 1.77. The third kappa shape index (κ3) is 6.69. The molecule has 2 heterocycles. The van der Waals surface area contributed by atoms with Crippen molar-refractivity contribution in [2.75, 3.05) is 18.5 Å². The van der Waals surface area contributed by atoms with Crippen LogP contribution in [0.3, 0.4) is 0 Å². The van der Waals surface area contributed by atoms with Crippen molar-refractivity contribution in [1.29, 1.82) is 0 Å². The molecule has 7 heteroatoms. The van der Waals surface area contributed by atoms with E-state index in [4.69, 9.17) is 9.47 Å². The Kier molecular flexibility index (Phi) is 7.24. The lowest BCUT2D eigenvalue weighted by Gasteiger charge is -2.22. The van der Waals surface area contributed by atoms with Gasteiger partial charge in [-0.1, -0.05) is 12.1 Å². The Morgan fingerprint density at radius 1 is 1.44 bits per heavy atom. The highest BCUT2D eigenvalue weighted by atomic mass is 16.5. The predicted molar refractivity (Wildman–Crippen MR) is 104 cm³/mol. The number of carbonyl (C=O) groups excluding carboxylic acids is 1. The van der Waals surface area contributed by atoms with Crippen LogP contribution in [0.1, 0.15) is 31.7 Å². The Balaban J connectivity index is 1.41. The summed E-state index contributed by atoms with van der Waals surface area (Å²) in [4.78, 5) is 16.2. The number of urea groups is 1. The first-order chi connectivity index (χ1) is 13.2. The van der Waals surface area contributed by atoms with E-state index in [1.165, 1.54) is 6.42 Å². The van der Waals surface area contributed by atoms with Gasteiger partial charge in [0, 0.05) is 37.3 Å². The maximum Gasteiger partial charge on any atom is 0.319 e. The number of carbonyl (C=O) groups is 1. The van der Waals surface area contributed by atoms with Crippen LogP contribution in [0.2, 0.25) is 0 Å². The smallest absolute Gasteiger partial charge is 0.319 e. The summed E-state index contributed by atoms with van der Waals surface area (Å²) in [7, 11) is 0. The van der Waals surface area contributed by atoms with Gasteiger partial charge in [-0.25, -0.2) is 9.78 Å². The largest absolute Gasteiger partial charge is 0.376 e. The molecule has 3 rings (SSSR count). The van der Waals surface area contributed by atoms with E-state index in [1.807, 2.05) is 42.0 Å². The first-order valence-corrected chi connectivity index (χ1v) is 9.50. The third-order valence-electron chi connectivity index (χ3n) is 4.45. The Morgan fingerprint density at radius 3 is 3.15 bits per heavy atom. The maximum atomic E-state index is 12.2. The number of hydrogen-bond donors (Lipinski definition) is 2. The van der Waals surface area contributed by atoms with Gasteiger partial charge < -0.3 is 24.7 Å². The average molecular weight is 372 g/mol. The summed E-state index contributed by atoms with van der Waals surface area (Å²) in [6, 6.07) is 7.47. The lowest BCUT2D eigenvalue weighted by molar-refractivity contribution is -0.0447. The molecule has 7 nitrogen and oxygen atoms in total. The molecule has 146 valence electrons. The van der Waals surface area contributed by atoms with Crippen molar-refractivity contribution < 1.29 is 14.3 Å². The summed E-state index contributed by atoms with van der Waals surface area (Å²) in [6.45, 7) is 4.58. The molecular weight excluding hydrogens is 344 g/mol. The fourth-order valence-electron chi connectivity index (χ4n) is 3.13. The maximum absolute atomic E-state index is 12.2. The van der Waals surface area contributed by atoms with Gasteiger partial charge in [-0.2, -0.15) is 0 Å². The first-order valence-electron chi connectivity index (χ1n) is 9.50. The number of rotatable bonds is 8. The topological polar surface area (TPSA) is 77.4 Å². The molecule has 0 radical (unpaired) electrons. The summed E-state index contributed by atoms with van der Waals surface area (Å²) >= 11 is 0. The highest BCUT2D eigenvalue weighted by Gasteiger charge is 2.14. The first kappa shape index (κ1) is 19.4. The van der Waals surface area contributed by atoms with Crippen LogP contribution in [0.15, 0.2) is 43.0 Å². The lowest BCUT2D eigenvalue weighted by Crippen LogP contribution is -2.38. The van der Waals surface area contributed by atoms with Crippen molar-refractivity contribution in [2.24, 2.45) is 0 Å². The van der Waals surface area contributed by atoms with E-state index in [9.17, 15) is 4.79 Å². The van der Waals surface area contributed by atoms with E-state index in [0.29, 0.717) is 19.8 Å². The van der Waals surface area contributed by atoms with Crippen molar-refractivity contribution in [3.05, 3.63) is 48.5 Å². The summed E-state index contributed by atoms with van der Waals surface area (Å²) in [6.07, 6.45) is 8.97. The number of anilines is 1. The number of aromatic nitrogens is 2. The van der Waals surface area contributed by atoms with E-state index in [0.717, 1.165) is 30.7 Å². The SMILES string of the molecule is CC(Cn1ccnc1)NC(=O)Nc1cccc(COCC2CCCCO2)c1. The summed E-state index contributed by atoms with van der Waals surface area (Å²) in [5, 5.41) is 5.80. The average Bonchev–Trinajstić information content (AvgIpc) is 3.15. The number of imidazole rings is 1. The van der Waals surface area contributed by atoms with Crippen LogP contribution in [-0.4, -0.2) is 40.9 Å². The molecule has 1 aromatic carbocycles. The van der Waals surface area contributed by atoms with Gasteiger partial charge in [0.15, 0.2) is 0 Å². The van der Waals surface area contributed by atoms with Gasteiger partial charge in [-0.05, 0) is 43.9 Å². The minimum Gasteiger partial charge on any atom is -0.376 e. The number of ether oxygens (including phenoxy) is 2. The lowest BCUT2D eigenvalue weighted by atomic mass is 10.1. The number of benzene rings is 1. The normalized spacial score (nSPS) is 18.0. The molecule has 0 bridgehead atoms. The molecule has 0 saturated carbocycles. The zero-order chi connectivity index (χ0) is 18.9. The zero-order valence-corrected chi connectivity index (χ0v) is 15.8. The quantitative estimate of drug-likeness (QED) is 0.746. The van der Waals surface area contributed by atoms with Crippen molar-refractivity contribution in [1.82, 2.24) is 14.9 Å². The minimum atomic E-state index is -0.226. The van der Waals surface area contributed by atoms with Crippen LogP contribution in [0.5, 0.6) is 0 Å². The Labute approximate surface area is 160 Å². The molecule has 27 heavy (non-hydrogen) atoms. The molecule has 2 atom stereocenters. The van der Waals surface area contributed by atoms with Crippen molar-refractivity contribution in [3.63, 3.8) is 0 Å². The molecule has 0 spiro atoms. The van der Waals surface area contributed by atoms with Crippen LogP contribution in [0.4, 0.5) is 10.5 Å². The van der Waals surface area contributed by atoms with Gasteiger partial charge in [0.05, 0.1) is 25.6 Å². The highest BCUT2D eigenvalue weighted by molar-refractivity contribution is 5.89. The molecule has 2 amide bonds. The van der Waals surface area contributed by atoms with E-state index in [1.54, 1.807) is 12.5 Å². The molecule has 1 saturated heterocycles. The molecule has 2 aromatic rings. The van der Waals surface area contributed by atoms with E-state index >= 15 is 0 Å². The second kappa shape index (κ2) is 10.1. The molecule has 2 unspecified atom stereocenters. The van der Waals surface area contributed by atoms with Gasteiger partial charge in [0.1, 0.15) is 0 Å². The van der Waals surface area contributed by atoms with Gasteiger partial charge in [0.25, 0.3) is 0 Å². The fourth-order valence-corrected chi connectivity index (χ4v) is 3.13. The zero-order valence-electron chi connectivity index (χ0n) is 15.8. The van der Waals surface area contributed by atoms with Gasteiger partial charge in [-0.15, -0.1) is 0 Å². The molecule has 1 fully saturated rings. The molecule has 1 aliphatic heterocycles.